The van der Waals surface area contributed by atoms with Gasteiger partial charge < -0.3 is 15.6 Å². The molecule has 0 radical (unpaired) electrons. The minimum Gasteiger partial charge on any atom is -0.478 e. The maximum Gasteiger partial charge on any atom is 0.337 e. The number of nitrogens with two attached hydrogens (primary N) is 1. The van der Waals surface area contributed by atoms with E-state index in [0.29, 0.717) is 0 Å². The minimum absolute atomic E-state index is 0.136. The maximum absolute atomic E-state index is 12.3. The predicted molar refractivity (Wildman–Crippen MR) is 74.1 cm³/mol. The van der Waals surface area contributed by atoms with E-state index in [1.54, 1.807) is 13.8 Å². The number of methoxy groups -OCH3 is 1. The van der Waals surface area contributed by atoms with Gasteiger partial charge in [0.05, 0.1) is 22.6 Å². The maximum atomic E-state index is 12.3. The Balaban J connectivity index is 3.28. The molecular weight excluding hydrogens is 284 g/mol. The zero-order valence-corrected chi connectivity index (χ0v) is 12.3. The number of carboxylic acids is 1. The van der Waals surface area contributed by atoms with E-state index in [4.69, 9.17) is 15.6 Å². The Kier molecular flexibility index (Phi) is 4.74. The Morgan fingerprint density at radius 1 is 1.45 bits per heavy atom. The van der Waals surface area contributed by atoms with Crippen molar-refractivity contribution >= 4 is 21.7 Å². The van der Waals surface area contributed by atoms with Gasteiger partial charge in [0.15, 0.2) is 0 Å². The highest BCUT2D eigenvalue weighted by molar-refractivity contribution is 7.89. The monoisotopic (exact) mass is 302 g/mol. The van der Waals surface area contributed by atoms with Gasteiger partial charge in [-0.25, -0.2) is 17.9 Å². The average molecular weight is 302 g/mol. The van der Waals surface area contributed by atoms with Gasteiger partial charge in [-0.15, -0.1) is 0 Å². The number of carbonyl (C=O) groups is 1. The second-order valence-corrected chi connectivity index (χ2v) is 6.63. The molecule has 4 N–H and O–H groups in total. The number of carboxylic acid groups (broad SMARTS) is 1. The van der Waals surface area contributed by atoms with Crippen LogP contribution in [-0.2, 0) is 14.8 Å². The smallest absolute Gasteiger partial charge is 0.337 e. The van der Waals surface area contributed by atoms with Gasteiger partial charge in [0.2, 0.25) is 10.0 Å². The van der Waals surface area contributed by atoms with Crippen molar-refractivity contribution in [2.24, 2.45) is 0 Å². The number of nitrogens with one attached hydrogen (secondary N) is 1. The van der Waals surface area contributed by atoms with Crippen molar-refractivity contribution in [2.75, 3.05) is 19.5 Å². The molecule has 1 rings (SSSR count). The summed E-state index contributed by atoms with van der Waals surface area (Å²) in [6, 6.07) is 3.62. The Morgan fingerprint density at radius 2 is 2.05 bits per heavy atom. The van der Waals surface area contributed by atoms with Crippen LogP contribution in [0.4, 0.5) is 5.69 Å². The first kappa shape index (κ1) is 16.4. The van der Waals surface area contributed by atoms with Gasteiger partial charge in [-0.1, -0.05) is 0 Å². The Bertz CT molecular complexity index is 610. The van der Waals surface area contributed by atoms with E-state index in [-0.39, 0.29) is 22.8 Å². The van der Waals surface area contributed by atoms with Crippen LogP contribution in [0.2, 0.25) is 0 Å². The minimum atomic E-state index is -4.03. The molecule has 0 aliphatic rings. The normalized spacial score (nSPS) is 12.3. The molecule has 0 heterocycles. The fourth-order valence-electron chi connectivity index (χ4n) is 1.75. The predicted octanol–water partition coefficient (Wildman–Crippen LogP) is 0.670. The van der Waals surface area contributed by atoms with Gasteiger partial charge in [0.25, 0.3) is 0 Å². The van der Waals surface area contributed by atoms with Crippen LogP contribution in [0, 0.1) is 0 Å². The largest absolute Gasteiger partial charge is 0.478 e. The SMILES string of the molecule is COCC(C)(C)NS(=O)(=O)c1cc(N)ccc1C(=O)O. The second-order valence-electron chi connectivity index (χ2n) is 4.98. The van der Waals surface area contributed by atoms with Crippen LogP contribution in [0.5, 0.6) is 0 Å². The van der Waals surface area contributed by atoms with E-state index in [9.17, 15) is 13.2 Å². The molecule has 0 aromatic heterocycles. The third-order valence-electron chi connectivity index (χ3n) is 2.44. The van der Waals surface area contributed by atoms with Gasteiger partial charge in [-0.05, 0) is 32.0 Å². The average Bonchev–Trinajstić information content (AvgIpc) is 2.26. The third kappa shape index (κ3) is 3.92. The summed E-state index contributed by atoms with van der Waals surface area (Å²) in [6.07, 6.45) is 0. The molecule has 0 unspecified atom stereocenters. The van der Waals surface area contributed by atoms with E-state index < -0.39 is 21.5 Å². The van der Waals surface area contributed by atoms with Crippen LogP contribution >= 0.6 is 0 Å². The summed E-state index contributed by atoms with van der Waals surface area (Å²) in [7, 11) is -2.59. The molecule has 20 heavy (non-hydrogen) atoms. The first-order valence-electron chi connectivity index (χ1n) is 5.75. The molecule has 1 aromatic rings. The van der Waals surface area contributed by atoms with Crippen molar-refractivity contribution in [3.8, 4) is 0 Å². The quantitative estimate of drug-likeness (QED) is 0.665. The lowest BCUT2D eigenvalue weighted by molar-refractivity contribution is 0.0692. The number of nitrogen functional groups attached to an aromatic ring is 1. The summed E-state index contributed by atoms with van der Waals surface area (Å²) in [5.41, 5.74) is 4.49. The number of sulfonamides is 1. The van der Waals surface area contributed by atoms with Crippen LogP contribution in [0.3, 0.4) is 0 Å². The van der Waals surface area contributed by atoms with Crippen molar-refractivity contribution in [3.63, 3.8) is 0 Å². The van der Waals surface area contributed by atoms with E-state index in [1.807, 2.05) is 0 Å². The highest BCUT2D eigenvalue weighted by atomic mass is 32.2. The Morgan fingerprint density at radius 3 is 2.55 bits per heavy atom. The first-order chi connectivity index (χ1) is 9.09. The van der Waals surface area contributed by atoms with Gasteiger partial charge in [-0.3, -0.25) is 0 Å². The van der Waals surface area contributed by atoms with Crippen LogP contribution in [0.15, 0.2) is 23.1 Å². The van der Waals surface area contributed by atoms with Crippen LogP contribution in [0.1, 0.15) is 24.2 Å². The van der Waals surface area contributed by atoms with Crippen molar-refractivity contribution in [2.45, 2.75) is 24.3 Å². The summed E-state index contributed by atoms with van der Waals surface area (Å²) < 4.78 is 32.0. The Labute approximate surface area is 117 Å². The molecule has 0 spiro atoms. The molecular formula is C12H18N2O5S. The fourth-order valence-corrected chi connectivity index (χ4v) is 3.38. The Hall–Kier alpha value is -1.64. The number of anilines is 1. The first-order valence-corrected chi connectivity index (χ1v) is 7.23. The molecule has 7 nitrogen and oxygen atoms in total. The zero-order chi connectivity index (χ0) is 15.6. The summed E-state index contributed by atoms with van der Waals surface area (Å²) >= 11 is 0. The molecule has 0 aliphatic carbocycles. The lowest BCUT2D eigenvalue weighted by atomic mass is 10.1. The molecule has 0 amide bonds. The number of ether oxygens (including phenoxy) is 1. The summed E-state index contributed by atoms with van der Waals surface area (Å²) in [6.45, 7) is 3.39. The van der Waals surface area contributed by atoms with Gasteiger partial charge >= 0.3 is 5.97 Å². The lowest BCUT2D eigenvalue weighted by Gasteiger charge is -2.25. The van der Waals surface area contributed by atoms with Gasteiger partial charge in [-0.2, -0.15) is 0 Å². The highest BCUT2D eigenvalue weighted by Gasteiger charge is 2.29. The summed E-state index contributed by atoms with van der Waals surface area (Å²) in [5.74, 6) is -1.34. The molecule has 0 saturated carbocycles. The number of rotatable bonds is 6. The molecule has 8 heteroatoms. The molecule has 0 aliphatic heterocycles. The highest BCUT2D eigenvalue weighted by Crippen LogP contribution is 2.21. The number of aromatic carboxylic acids is 1. The number of hydrogen-bond donors (Lipinski definition) is 3. The summed E-state index contributed by atoms with van der Waals surface area (Å²) in [4.78, 5) is 10.7. The molecule has 0 saturated heterocycles. The van der Waals surface area contributed by atoms with Gasteiger partial charge in [0, 0.05) is 12.8 Å². The van der Waals surface area contributed by atoms with Crippen LogP contribution < -0.4 is 10.5 Å². The number of hydrogen-bond acceptors (Lipinski definition) is 5. The van der Waals surface area contributed by atoms with E-state index in [1.165, 1.54) is 13.2 Å². The lowest BCUT2D eigenvalue weighted by Crippen LogP contribution is -2.46. The van der Waals surface area contributed by atoms with Crippen molar-refractivity contribution < 1.29 is 23.1 Å². The van der Waals surface area contributed by atoms with Crippen LogP contribution in [0.25, 0.3) is 0 Å². The van der Waals surface area contributed by atoms with E-state index in [0.717, 1.165) is 12.1 Å². The zero-order valence-electron chi connectivity index (χ0n) is 11.5. The fraction of sp³-hybridized carbons (Fsp3) is 0.417. The van der Waals surface area contributed by atoms with Crippen molar-refractivity contribution in [1.82, 2.24) is 4.72 Å². The molecule has 1 aromatic carbocycles. The standard InChI is InChI=1S/C12H18N2O5S/c1-12(2,7-19-3)14-20(17,18)10-6-8(13)4-5-9(10)11(15)16/h4-6,14H,7,13H2,1-3H3,(H,15,16). The van der Waals surface area contributed by atoms with E-state index in [2.05, 4.69) is 4.72 Å². The van der Waals surface area contributed by atoms with Crippen LogP contribution in [-0.4, -0.2) is 38.7 Å². The van der Waals surface area contributed by atoms with Crippen molar-refractivity contribution in [1.29, 1.82) is 0 Å². The molecule has 0 bridgehead atoms. The topological polar surface area (TPSA) is 119 Å². The molecule has 0 fully saturated rings. The van der Waals surface area contributed by atoms with Gasteiger partial charge in [0.1, 0.15) is 0 Å². The number of benzene rings is 1. The van der Waals surface area contributed by atoms with Crippen molar-refractivity contribution in [3.05, 3.63) is 23.8 Å². The van der Waals surface area contributed by atoms with E-state index >= 15 is 0 Å². The third-order valence-corrected chi connectivity index (χ3v) is 4.18. The summed E-state index contributed by atoms with van der Waals surface area (Å²) in [5, 5.41) is 9.06. The molecule has 112 valence electrons. The second kappa shape index (κ2) is 5.78. The molecule has 0 atom stereocenters.